The molecule has 102 valence electrons. The van der Waals surface area contributed by atoms with Crippen LogP contribution in [0.25, 0.3) is 0 Å². The number of nitrogens with one attached hydrogen (secondary N) is 1. The summed E-state index contributed by atoms with van der Waals surface area (Å²) in [6.45, 7) is 10.2. The molecule has 4 nitrogen and oxygen atoms in total. The Labute approximate surface area is 118 Å². The van der Waals surface area contributed by atoms with Gasteiger partial charge in [0.25, 0.3) is 0 Å². The maximum absolute atomic E-state index is 5.60. The molecule has 1 rings (SSSR count). The Kier molecular flexibility index (Phi) is 5.85. The lowest BCUT2D eigenvalue weighted by Crippen LogP contribution is -2.26. The fourth-order valence-corrected chi connectivity index (χ4v) is 1.95. The Hall–Kier alpha value is -0.840. The maximum atomic E-state index is 5.60. The molecule has 0 spiro atoms. The number of nitrogens with zero attached hydrogens (tertiary/aromatic N) is 2. The molecule has 0 saturated heterocycles. The predicted octanol–water partition coefficient (Wildman–Crippen LogP) is 3.40. The molecule has 1 heterocycles. The van der Waals surface area contributed by atoms with Crippen LogP contribution in [0.2, 0.25) is 0 Å². The summed E-state index contributed by atoms with van der Waals surface area (Å²) in [5.41, 5.74) is 0.904. The van der Waals surface area contributed by atoms with E-state index < -0.39 is 0 Å². The van der Waals surface area contributed by atoms with Gasteiger partial charge in [-0.25, -0.2) is 4.98 Å². The maximum Gasteiger partial charge on any atom is 0.226 e. The van der Waals surface area contributed by atoms with Gasteiger partial charge in [-0.05, 0) is 33.6 Å². The average Bonchev–Trinajstić information content (AvgIpc) is 2.25. The summed E-state index contributed by atoms with van der Waals surface area (Å²) in [6, 6.07) is 2.15. The zero-order chi connectivity index (χ0) is 13.7. The average molecular weight is 316 g/mol. The molecule has 1 aromatic rings. The first-order valence-corrected chi connectivity index (χ1v) is 7.39. The summed E-state index contributed by atoms with van der Waals surface area (Å²) < 4.78 is 5.60. The molecule has 0 aromatic carbocycles. The third kappa shape index (κ3) is 4.80. The second-order valence-electron chi connectivity index (χ2n) is 4.90. The monoisotopic (exact) mass is 315 g/mol. The molecule has 0 aliphatic carbocycles. The summed E-state index contributed by atoms with van der Waals surface area (Å²) in [5.74, 6) is 1.76. The van der Waals surface area contributed by atoms with Crippen LogP contribution < -0.4 is 10.1 Å². The first-order chi connectivity index (χ1) is 8.42. The van der Waals surface area contributed by atoms with Gasteiger partial charge in [0, 0.05) is 23.1 Å². The molecule has 0 amide bonds. The molecule has 1 N–H and O–H groups in total. The van der Waals surface area contributed by atoms with Gasteiger partial charge in [-0.3, -0.25) is 0 Å². The van der Waals surface area contributed by atoms with Crippen LogP contribution >= 0.6 is 15.9 Å². The van der Waals surface area contributed by atoms with E-state index in [0.29, 0.717) is 23.8 Å². The largest absolute Gasteiger partial charge is 0.475 e. The predicted molar refractivity (Wildman–Crippen MR) is 78.6 cm³/mol. The highest BCUT2D eigenvalue weighted by molar-refractivity contribution is 9.09. The van der Waals surface area contributed by atoms with Gasteiger partial charge in [0.1, 0.15) is 0 Å². The van der Waals surface area contributed by atoms with Crippen molar-refractivity contribution >= 4 is 21.9 Å². The van der Waals surface area contributed by atoms with E-state index >= 15 is 0 Å². The molecule has 0 aliphatic heterocycles. The quantitative estimate of drug-likeness (QED) is 0.817. The standard InChI is InChI=1S/C13H22BrN3O/c1-8(2)18-12-6-10(4)15-13(17-12)16-11(5)9(3)7-14/h6,8-9,11H,7H2,1-5H3,(H,15,16,17). The van der Waals surface area contributed by atoms with Crippen molar-refractivity contribution < 1.29 is 4.74 Å². The van der Waals surface area contributed by atoms with E-state index in [1.54, 1.807) is 0 Å². The topological polar surface area (TPSA) is 47.0 Å². The first kappa shape index (κ1) is 15.2. The lowest BCUT2D eigenvalue weighted by Gasteiger charge is -2.20. The van der Waals surface area contributed by atoms with E-state index in [0.717, 1.165) is 11.0 Å². The first-order valence-electron chi connectivity index (χ1n) is 6.27. The van der Waals surface area contributed by atoms with Crippen molar-refractivity contribution in [1.29, 1.82) is 0 Å². The minimum Gasteiger partial charge on any atom is -0.475 e. The van der Waals surface area contributed by atoms with Gasteiger partial charge in [0.05, 0.1) is 6.10 Å². The number of alkyl halides is 1. The van der Waals surface area contributed by atoms with Gasteiger partial charge >= 0.3 is 0 Å². The molecule has 0 bridgehead atoms. The van der Waals surface area contributed by atoms with Crippen molar-refractivity contribution in [3.63, 3.8) is 0 Å². The van der Waals surface area contributed by atoms with Crippen LogP contribution in [-0.2, 0) is 0 Å². The van der Waals surface area contributed by atoms with Crippen molar-refractivity contribution in [3.05, 3.63) is 11.8 Å². The fourth-order valence-electron chi connectivity index (χ4n) is 1.39. The third-order valence-electron chi connectivity index (χ3n) is 2.64. The van der Waals surface area contributed by atoms with E-state index in [9.17, 15) is 0 Å². The van der Waals surface area contributed by atoms with Gasteiger partial charge in [-0.2, -0.15) is 4.98 Å². The normalized spacial score (nSPS) is 14.4. The van der Waals surface area contributed by atoms with Crippen LogP contribution in [0.3, 0.4) is 0 Å². The van der Waals surface area contributed by atoms with Gasteiger partial charge in [-0.15, -0.1) is 0 Å². The van der Waals surface area contributed by atoms with E-state index in [1.165, 1.54) is 0 Å². The zero-order valence-electron chi connectivity index (χ0n) is 11.7. The number of aryl methyl sites for hydroxylation is 1. The van der Waals surface area contributed by atoms with Crippen molar-refractivity contribution in [2.24, 2.45) is 5.92 Å². The van der Waals surface area contributed by atoms with Crippen LogP contribution in [0.1, 0.15) is 33.4 Å². The Bertz CT molecular complexity index is 384. The smallest absolute Gasteiger partial charge is 0.226 e. The van der Waals surface area contributed by atoms with Crippen LogP contribution in [0.15, 0.2) is 6.07 Å². The summed E-state index contributed by atoms with van der Waals surface area (Å²) in [7, 11) is 0. The van der Waals surface area contributed by atoms with Gasteiger partial charge in [-0.1, -0.05) is 22.9 Å². The van der Waals surface area contributed by atoms with Crippen LogP contribution in [0.5, 0.6) is 5.88 Å². The number of anilines is 1. The van der Waals surface area contributed by atoms with Crippen LogP contribution in [0, 0.1) is 12.8 Å². The highest BCUT2D eigenvalue weighted by atomic mass is 79.9. The van der Waals surface area contributed by atoms with E-state index in [1.807, 2.05) is 26.8 Å². The highest BCUT2D eigenvalue weighted by Gasteiger charge is 2.13. The summed E-state index contributed by atoms with van der Waals surface area (Å²) in [6.07, 6.45) is 0.117. The number of aromatic nitrogens is 2. The second-order valence-corrected chi connectivity index (χ2v) is 5.55. The molecule has 0 radical (unpaired) electrons. The van der Waals surface area contributed by atoms with Gasteiger partial charge < -0.3 is 10.1 Å². The van der Waals surface area contributed by atoms with Crippen molar-refractivity contribution in [2.75, 3.05) is 10.6 Å². The highest BCUT2D eigenvalue weighted by Crippen LogP contribution is 2.16. The molecule has 2 unspecified atom stereocenters. The lowest BCUT2D eigenvalue weighted by atomic mass is 10.1. The molecule has 5 heteroatoms. The summed E-state index contributed by atoms with van der Waals surface area (Å²) in [4.78, 5) is 8.75. The number of hydrogen-bond donors (Lipinski definition) is 1. The number of rotatable bonds is 6. The molecule has 1 aromatic heterocycles. The van der Waals surface area contributed by atoms with Crippen molar-refractivity contribution in [2.45, 2.75) is 46.8 Å². The third-order valence-corrected chi connectivity index (χ3v) is 3.66. The van der Waals surface area contributed by atoms with Crippen molar-refractivity contribution in [3.8, 4) is 5.88 Å². The second kappa shape index (κ2) is 6.92. The molecule has 0 fully saturated rings. The van der Waals surface area contributed by atoms with E-state index in [2.05, 4.69) is 45.1 Å². The Balaban J connectivity index is 2.79. The van der Waals surface area contributed by atoms with Crippen LogP contribution in [0.4, 0.5) is 5.95 Å². The fraction of sp³-hybridized carbons (Fsp3) is 0.692. The number of hydrogen-bond acceptors (Lipinski definition) is 4. The molecular weight excluding hydrogens is 294 g/mol. The SMILES string of the molecule is Cc1cc(OC(C)C)nc(NC(C)C(C)CBr)n1. The van der Waals surface area contributed by atoms with Gasteiger partial charge in [0.2, 0.25) is 11.8 Å². The number of ether oxygens (including phenoxy) is 1. The molecule has 18 heavy (non-hydrogen) atoms. The Morgan fingerprint density at radius 3 is 2.50 bits per heavy atom. The van der Waals surface area contributed by atoms with Gasteiger partial charge in [0.15, 0.2) is 0 Å². The van der Waals surface area contributed by atoms with E-state index in [4.69, 9.17) is 4.74 Å². The number of halogens is 1. The lowest BCUT2D eigenvalue weighted by molar-refractivity contribution is 0.232. The Morgan fingerprint density at radius 1 is 1.28 bits per heavy atom. The van der Waals surface area contributed by atoms with Crippen molar-refractivity contribution in [1.82, 2.24) is 9.97 Å². The molecule has 2 atom stereocenters. The zero-order valence-corrected chi connectivity index (χ0v) is 13.3. The van der Waals surface area contributed by atoms with Crippen LogP contribution in [-0.4, -0.2) is 27.4 Å². The molecule has 0 saturated carbocycles. The minimum atomic E-state index is 0.117. The molecule has 0 aliphatic rings. The molecular formula is C13H22BrN3O. The van der Waals surface area contributed by atoms with E-state index in [-0.39, 0.29) is 6.10 Å². The summed E-state index contributed by atoms with van der Waals surface area (Å²) >= 11 is 3.48. The minimum absolute atomic E-state index is 0.117. The summed E-state index contributed by atoms with van der Waals surface area (Å²) in [5, 5.41) is 4.26. The Morgan fingerprint density at radius 2 is 1.94 bits per heavy atom.